The SMILES string of the molecule is CC(C)C1CCCN1CCS(=O)(=O)c1cccc(C#N)c1. The van der Waals surface area contributed by atoms with Crippen molar-refractivity contribution in [3.8, 4) is 6.07 Å². The molecule has 1 aliphatic rings. The zero-order valence-corrected chi connectivity index (χ0v) is 13.4. The molecule has 0 aliphatic carbocycles. The third-order valence-electron chi connectivity index (χ3n) is 4.15. The maximum atomic E-state index is 12.4. The second-order valence-electron chi connectivity index (χ2n) is 5.95. The molecule has 1 heterocycles. The smallest absolute Gasteiger partial charge is 0.179 e. The van der Waals surface area contributed by atoms with Crippen LogP contribution >= 0.6 is 0 Å². The molecule has 5 heteroatoms. The molecule has 1 aromatic rings. The van der Waals surface area contributed by atoms with Crippen LogP contribution in [0.5, 0.6) is 0 Å². The Labute approximate surface area is 127 Å². The van der Waals surface area contributed by atoms with Gasteiger partial charge in [-0.2, -0.15) is 5.26 Å². The van der Waals surface area contributed by atoms with Crippen LogP contribution < -0.4 is 0 Å². The van der Waals surface area contributed by atoms with Crippen molar-refractivity contribution in [1.82, 2.24) is 4.90 Å². The first-order valence-corrected chi connectivity index (χ1v) is 9.06. The van der Waals surface area contributed by atoms with Crippen LogP contribution in [0.4, 0.5) is 0 Å². The van der Waals surface area contributed by atoms with E-state index in [1.165, 1.54) is 6.07 Å². The molecule has 1 aromatic carbocycles. The molecular formula is C16H22N2O2S. The minimum atomic E-state index is -3.32. The topological polar surface area (TPSA) is 61.2 Å². The number of rotatable bonds is 5. The van der Waals surface area contributed by atoms with Crippen LogP contribution in [0.1, 0.15) is 32.3 Å². The molecular weight excluding hydrogens is 284 g/mol. The largest absolute Gasteiger partial charge is 0.299 e. The van der Waals surface area contributed by atoms with Crippen LogP contribution in [-0.4, -0.2) is 38.2 Å². The van der Waals surface area contributed by atoms with Crippen molar-refractivity contribution in [3.63, 3.8) is 0 Å². The fraction of sp³-hybridized carbons (Fsp3) is 0.562. The maximum absolute atomic E-state index is 12.4. The van der Waals surface area contributed by atoms with Gasteiger partial charge in [0.1, 0.15) is 0 Å². The van der Waals surface area contributed by atoms with Gasteiger partial charge >= 0.3 is 0 Å². The molecule has 21 heavy (non-hydrogen) atoms. The van der Waals surface area contributed by atoms with Gasteiger partial charge in [-0.1, -0.05) is 19.9 Å². The molecule has 1 unspecified atom stereocenters. The fourth-order valence-electron chi connectivity index (χ4n) is 3.00. The van der Waals surface area contributed by atoms with Gasteiger partial charge < -0.3 is 0 Å². The van der Waals surface area contributed by atoms with E-state index in [9.17, 15) is 8.42 Å². The Morgan fingerprint density at radius 1 is 1.43 bits per heavy atom. The predicted molar refractivity (Wildman–Crippen MR) is 82.6 cm³/mol. The van der Waals surface area contributed by atoms with Crippen molar-refractivity contribution in [2.45, 2.75) is 37.6 Å². The highest BCUT2D eigenvalue weighted by atomic mass is 32.2. The molecule has 0 aromatic heterocycles. The number of hydrogen-bond donors (Lipinski definition) is 0. The number of hydrogen-bond acceptors (Lipinski definition) is 4. The van der Waals surface area contributed by atoms with Gasteiger partial charge in [-0.25, -0.2) is 8.42 Å². The van der Waals surface area contributed by atoms with E-state index in [2.05, 4.69) is 18.7 Å². The Balaban J connectivity index is 2.06. The van der Waals surface area contributed by atoms with E-state index >= 15 is 0 Å². The minimum absolute atomic E-state index is 0.116. The number of benzene rings is 1. The molecule has 0 spiro atoms. The molecule has 4 nitrogen and oxygen atoms in total. The quantitative estimate of drug-likeness (QED) is 0.838. The van der Waals surface area contributed by atoms with Crippen molar-refractivity contribution in [2.24, 2.45) is 5.92 Å². The lowest BCUT2D eigenvalue weighted by Crippen LogP contribution is -2.36. The van der Waals surface area contributed by atoms with Crippen molar-refractivity contribution in [1.29, 1.82) is 5.26 Å². The third kappa shape index (κ3) is 3.84. The van der Waals surface area contributed by atoms with E-state index in [-0.39, 0.29) is 10.6 Å². The van der Waals surface area contributed by atoms with Crippen molar-refractivity contribution >= 4 is 9.84 Å². The van der Waals surface area contributed by atoms with Crippen molar-refractivity contribution in [3.05, 3.63) is 29.8 Å². The maximum Gasteiger partial charge on any atom is 0.179 e. The van der Waals surface area contributed by atoms with Gasteiger partial charge in [0, 0.05) is 12.6 Å². The number of nitrogens with zero attached hydrogens (tertiary/aromatic N) is 2. The Morgan fingerprint density at radius 2 is 2.19 bits per heavy atom. The van der Waals surface area contributed by atoms with E-state index in [0.717, 1.165) is 19.4 Å². The Hall–Kier alpha value is -1.38. The molecule has 1 aliphatic heterocycles. The highest BCUT2D eigenvalue weighted by Gasteiger charge is 2.28. The second-order valence-corrected chi connectivity index (χ2v) is 8.06. The summed E-state index contributed by atoms with van der Waals surface area (Å²) in [6.45, 7) is 5.93. The summed E-state index contributed by atoms with van der Waals surface area (Å²) in [5.74, 6) is 0.669. The van der Waals surface area contributed by atoms with Crippen molar-refractivity contribution < 1.29 is 8.42 Å². The molecule has 114 valence electrons. The molecule has 1 atom stereocenters. The van der Waals surface area contributed by atoms with Gasteiger partial charge in [0.25, 0.3) is 0 Å². The highest BCUT2D eigenvalue weighted by molar-refractivity contribution is 7.91. The molecule has 0 bridgehead atoms. The summed E-state index contributed by atoms with van der Waals surface area (Å²) < 4.78 is 24.8. The molecule has 0 saturated carbocycles. The Kier molecular flexibility index (Phi) is 5.02. The zero-order chi connectivity index (χ0) is 15.5. The number of likely N-dealkylation sites (tertiary alicyclic amines) is 1. The molecule has 2 rings (SSSR count). The van der Waals surface area contributed by atoms with Crippen LogP contribution in [0, 0.1) is 17.2 Å². The molecule has 0 radical (unpaired) electrons. The van der Waals surface area contributed by atoms with Crippen LogP contribution in [0.25, 0.3) is 0 Å². The highest BCUT2D eigenvalue weighted by Crippen LogP contribution is 2.24. The van der Waals surface area contributed by atoms with Gasteiger partial charge in [-0.15, -0.1) is 0 Å². The Morgan fingerprint density at radius 3 is 2.86 bits per heavy atom. The summed E-state index contributed by atoms with van der Waals surface area (Å²) >= 11 is 0. The van der Waals surface area contributed by atoms with Gasteiger partial charge in [0.05, 0.1) is 22.3 Å². The van der Waals surface area contributed by atoms with Crippen molar-refractivity contribution in [2.75, 3.05) is 18.8 Å². The lowest BCUT2D eigenvalue weighted by atomic mass is 10.0. The standard InChI is InChI=1S/C16H22N2O2S/c1-13(2)16-7-4-8-18(16)9-10-21(19,20)15-6-3-5-14(11-15)12-17/h3,5-6,11,13,16H,4,7-10H2,1-2H3. The second kappa shape index (κ2) is 6.59. The summed E-state index contributed by atoms with van der Waals surface area (Å²) in [6.07, 6.45) is 2.30. The first-order chi connectivity index (χ1) is 9.94. The zero-order valence-electron chi connectivity index (χ0n) is 12.6. The van der Waals surface area contributed by atoms with E-state index in [1.54, 1.807) is 18.2 Å². The van der Waals surface area contributed by atoms with Gasteiger partial charge in [-0.05, 0) is 43.5 Å². The van der Waals surface area contributed by atoms with Crippen LogP contribution in [-0.2, 0) is 9.84 Å². The monoisotopic (exact) mass is 306 g/mol. The summed E-state index contributed by atoms with van der Waals surface area (Å²) in [6, 6.07) is 8.74. The molecule has 1 fully saturated rings. The summed E-state index contributed by atoms with van der Waals surface area (Å²) in [7, 11) is -3.32. The van der Waals surface area contributed by atoms with E-state index in [4.69, 9.17) is 5.26 Å². The average molecular weight is 306 g/mol. The minimum Gasteiger partial charge on any atom is -0.299 e. The number of nitriles is 1. The van der Waals surface area contributed by atoms with Crippen LogP contribution in [0.15, 0.2) is 29.2 Å². The van der Waals surface area contributed by atoms with E-state index in [1.807, 2.05) is 6.07 Å². The lowest BCUT2D eigenvalue weighted by Gasteiger charge is -2.27. The normalized spacial score (nSPS) is 19.8. The first kappa shape index (κ1) is 16.0. The van der Waals surface area contributed by atoms with E-state index < -0.39 is 9.84 Å². The summed E-state index contributed by atoms with van der Waals surface area (Å²) in [5, 5.41) is 8.87. The van der Waals surface area contributed by atoms with Gasteiger partial charge in [0.2, 0.25) is 0 Å². The number of sulfone groups is 1. The molecule has 0 N–H and O–H groups in total. The molecule has 1 saturated heterocycles. The van der Waals surface area contributed by atoms with Gasteiger partial charge in [0.15, 0.2) is 9.84 Å². The average Bonchev–Trinajstić information content (AvgIpc) is 2.94. The predicted octanol–water partition coefficient (Wildman–Crippen LogP) is 2.45. The Bertz CT molecular complexity index is 632. The van der Waals surface area contributed by atoms with Crippen LogP contribution in [0.2, 0.25) is 0 Å². The third-order valence-corrected chi connectivity index (χ3v) is 5.85. The van der Waals surface area contributed by atoms with Crippen LogP contribution in [0.3, 0.4) is 0 Å². The molecule has 0 amide bonds. The van der Waals surface area contributed by atoms with E-state index in [0.29, 0.717) is 24.1 Å². The van der Waals surface area contributed by atoms with Gasteiger partial charge in [-0.3, -0.25) is 4.90 Å². The summed E-state index contributed by atoms with van der Waals surface area (Å²) in [4.78, 5) is 2.54. The summed E-state index contributed by atoms with van der Waals surface area (Å²) in [5.41, 5.74) is 0.386. The fourth-order valence-corrected chi connectivity index (χ4v) is 4.30. The first-order valence-electron chi connectivity index (χ1n) is 7.41. The lowest BCUT2D eigenvalue weighted by molar-refractivity contribution is 0.217.